The highest BCUT2D eigenvalue weighted by molar-refractivity contribution is 6.02. The molecule has 1 nitrogen and oxygen atoms in total. The summed E-state index contributed by atoms with van der Waals surface area (Å²) in [7, 11) is 0. The second kappa shape index (κ2) is 7.37. The summed E-state index contributed by atoms with van der Waals surface area (Å²) < 4.78 is 0. The molecule has 0 spiro atoms. The summed E-state index contributed by atoms with van der Waals surface area (Å²) in [5.74, 6) is 0.317. The van der Waals surface area contributed by atoms with E-state index in [4.69, 9.17) is 0 Å². The molecule has 0 atom stereocenters. The van der Waals surface area contributed by atoms with E-state index in [0.29, 0.717) is 0 Å². The van der Waals surface area contributed by atoms with Gasteiger partial charge in [-0.25, -0.2) is 0 Å². The van der Waals surface area contributed by atoms with Crippen molar-refractivity contribution in [1.82, 2.24) is 0 Å². The molecular weight excluding hydrogens is 376 g/mol. The van der Waals surface area contributed by atoms with Crippen molar-refractivity contribution < 1.29 is 5.11 Å². The molecule has 0 aliphatic heterocycles. The van der Waals surface area contributed by atoms with E-state index in [1.165, 1.54) is 49.4 Å². The minimum atomic E-state index is 0.0490. The van der Waals surface area contributed by atoms with Crippen molar-refractivity contribution in [3.8, 4) is 0 Å². The van der Waals surface area contributed by atoms with Gasteiger partial charge in [-0.2, -0.15) is 0 Å². The van der Waals surface area contributed by atoms with E-state index in [-0.39, 0.29) is 18.4 Å². The molecule has 1 heteroatoms. The third kappa shape index (κ3) is 2.89. The summed E-state index contributed by atoms with van der Waals surface area (Å²) in [6.07, 6.45) is 0.939. The number of rotatable bonds is 3. The summed E-state index contributed by atoms with van der Waals surface area (Å²) in [4.78, 5) is 0. The van der Waals surface area contributed by atoms with Gasteiger partial charge in [-0.3, -0.25) is 0 Å². The van der Waals surface area contributed by atoms with Crippen LogP contribution in [0.1, 0.15) is 39.7 Å². The van der Waals surface area contributed by atoms with Crippen molar-refractivity contribution >= 4 is 21.5 Å². The van der Waals surface area contributed by atoms with Gasteiger partial charge in [0.05, 0.1) is 6.61 Å². The lowest BCUT2D eigenvalue weighted by Crippen LogP contribution is -2.21. The maximum Gasteiger partial charge on any atom is 0.0540 e. The van der Waals surface area contributed by atoms with Crippen molar-refractivity contribution in [2.24, 2.45) is 0 Å². The van der Waals surface area contributed by atoms with Crippen LogP contribution in [-0.4, -0.2) is 11.7 Å². The Hall–Kier alpha value is -3.42. The molecule has 5 aromatic rings. The van der Waals surface area contributed by atoms with E-state index in [0.717, 1.165) is 6.42 Å². The fraction of sp³-hybridized carbons (Fsp3) is 0.133. The molecule has 0 saturated carbocycles. The molecule has 6 rings (SSSR count). The molecule has 1 N–H and O–H groups in total. The van der Waals surface area contributed by atoms with E-state index in [9.17, 15) is 5.11 Å². The van der Waals surface area contributed by atoms with Gasteiger partial charge in [-0.05, 0) is 61.8 Å². The average Bonchev–Trinajstić information content (AvgIpc) is 2.83. The molecule has 1 aliphatic rings. The molecule has 0 fully saturated rings. The van der Waals surface area contributed by atoms with Crippen LogP contribution in [0.5, 0.6) is 0 Å². The lowest BCUT2D eigenvalue weighted by Gasteiger charge is -2.34. The second-order valence-electron chi connectivity index (χ2n) is 8.55. The Bertz CT molecular complexity index is 1310. The fourth-order valence-corrected chi connectivity index (χ4v) is 5.57. The van der Waals surface area contributed by atoms with Crippen LogP contribution in [0, 0.1) is 0 Å². The molecule has 0 heterocycles. The zero-order valence-electron chi connectivity index (χ0n) is 17.3. The summed E-state index contributed by atoms with van der Waals surface area (Å²) in [6.45, 7) is 0.137. The van der Waals surface area contributed by atoms with Crippen molar-refractivity contribution in [1.29, 1.82) is 0 Å². The molecule has 0 aromatic heterocycles. The Morgan fingerprint density at radius 1 is 0.516 bits per heavy atom. The Morgan fingerprint density at radius 3 is 1.42 bits per heavy atom. The molecular formula is C30H24O. The van der Waals surface area contributed by atoms with Crippen LogP contribution in [0.15, 0.2) is 103 Å². The van der Waals surface area contributed by atoms with E-state index in [2.05, 4.69) is 103 Å². The number of aliphatic hydroxyl groups excluding tert-OH is 1. The van der Waals surface area contributed by atoms with Gasteiger partial charge in [-0.1, -0.05) is 97.1 Å². The number of hydrogen-bond acceptors (Lipinski definition) is 1. The highest BCUT2D eigenvalue weighted by Gasteiger charge is 2.32. The molecule has 150 valence electrons. The average molecular weight is 401 g/mol. The quantitative estimate of drug-likeness (QED) is 0.330. The van der Waals surface area contributed by atoms with Crippen LogP contribution in [0.4, 0.5) is 0 Å². The van der Waals surface area contributed by atoms with Crippen LogP contribution >= 0.6 is 0 Å². The summed E-state index contributed by atoms with van der Waals surface area (Å²) in [5.41, 5.74) is 6.62. The number of hydrogen-bond donors (Lipinski definition) is 1. The van der Waals surface area contributed by atoms with Gasteiger partial charge < -0.3 is 5.11 Å². The highest BCUT2D eigenvalue weighted by atomic mass is 16.3. The minimum absolute atomic E-state index is 0.0490. The SMILES string of the molecule is OCC1c2ccccc2C(Cc2c3ccccc3cc3ccccc23)c2ccccc21. The summed E-state index contributed by atoms with van der Waals surface area (Å²) in [6, 6.07) is 37.2. The fourth-order valence-electron chi connectivity index (χ4n) is 5.57. The van der Waals surface area contributed by atoms with Gasteiger partial charge in [-0.15, -0.1) is 0 Å². The van der Waals surface area contributed by atoms with Crippen molar-refractivity contribution in [3.63, 3.8) is 0 Å². The molecule has 0 radical (unpaired) electrons. The van der Waals surface area contributed by atoms with Gasteiger partial charge in [0, 0.05) is 11.8 Å². The van der Waals surface area contributed by atoms with Gasteiger partial charge in [0.25, 0.3) is 0 Å². The topological polar surface area (TPSA) is 20.2 Å². The Morgan fingerprint density at radius 2 is 0.935 bits per heavy atom. The number of benzene rings is 5. The normalized spacial score (nSPS) is 17.5. The molecule has 0 amide bonds. The lowest BCUT2D eigenvalue weighted by molar-refractivity contribution is 0.278. The predicted molar refractivity (Wildman–Crippen MR) is 129 cm³/mol. The first-order valence-corrected chi connectivity index (χ1v) is 11.0. The standard InChI is InChI=1S/C30H24O/c31-19-30-26-15-7-5-13-24(26)29(25-14-6-8-16-27(25)30)18-28-22-11-3-1-9-20(22)17-21-10-2-4-12-23(21)28/h1-17,29-31H,18-19H2. The summed E-state index contributed by atoms with van der Waals surface area (Å²) in [5, 5.41) is 15.5. The van der Waals surface area contributed by atoms with E-state index >= 15 is 0 Å². The largest absolute Gasteiger partial charge is 0.395 e. The van der Waals surface area contributed by atoms with Crippen LogP contribution in [-0.2, 0) is 6.42 Å². The van der Waals surface area contributed by atoms with Crippen LogP contribution in [0.3, 0.4) is 0 Å². The molecule has 5 aromatic carbocycles. The van der Waals surface area contributed by atoms with Crippen molar-refractivity contribution in [2.45, 2.75) is 18.3 Å². The van der Waals surface area contributed by atoms with Gasteiger partial charge >= 0.3 is 0 Å². The molecule has 0 saturated heterocycles. The van der Waals surface area contributed by atoms with Crippen LogP contribution < -0.4 is 0 Å². The third-order valence-electron chi connectivity index (χ3n) is 6.97. The zero-order valence-corrected chi connectivity index (χ0v) is 17.3. The Kier molecular flexibility index (Phi) is 4.36. The number of aliphatic hydroxyl groups is 1. The predicted octanol–water partition coefficient (Wildman–Crippen LogP) is 6.81. The van der Waals surface area contributed by atoms with Gasteiger partial charge in [0.1, 0.15) is 0 Å². The first-order valence-electron chi connectivity index (χ1n) is 11.0. The lowest BCUT2D eigenvalue weighted by atomic mass is 9.70. The van der Waals surface area contributed by atoms with Gasteiger partial charge in [0.2, 0.25) is 0 Å². The van der Waals surface area contributed by atoms with Crippen molar-refractivity contribution in [3.05, 3.63) is 131 Å². The monoisotopic (exact) mass is 400 g/mol. The summed E-state index contributed by atoms with van der Waals surface area (Å²) >= 11 is 0. The van der Waals surface area contributed by atoms with Crippen LogP contribution in [0.25, 0.3) is 21.5 Å². The van der Waals surface area contributed by atoms with Crippen LogP contribution in [0.2, 0.25) is 0 Å². The van der Waals surface area contributed by atoms with E-state index in [1.54, 1.807) is 0 Å². The molecule has 0 unspecified atom stereocenters. The van der Waals surface area contributed by atoms with Gasteiger partial charge in [0.15, 0.2) is 0 Å². The van der Waals surface area contributed by atoms with E-state index in [1.807, 2.05) is 0 Å². The first-order chi connectivity index (χ1) is 15.3. The third-order valence-corrected chi connectivity index (χ3v) is 6.97. The number of fused-ring (bicyclic) bond motifs is 4. The highest BCUT2D eigenvalue weighted by Crippen LogP contribution is 2.45. The first kappa shape index (κ1) is 18.4. The maximum absolute atomic E-state index is 10.2. The zero-order chi connectivity index (χ0) is 20.8. The molecule has 1 aliphatic carbocycles. The van der Waals surface area contributed by atoms with E-state index < -0.39 is 0 Å². The molecule has 0 bridgehead atoms. The Balaban J connectivity index is 1.61. The molecule has 31 heavy (non-hydrogen) atoms. The minimum Gasteiger partial charge on any atom is -0.395 e. The maximum atomic E-state index is 10.2. The Labute approximate surface area is 182 Å². The smallest absolute Gasteiger partial charge is 0.0540 e. The second-order valence-corrected chi connectivity index (χ2v) is 8.55. The van der Waals surface area contributed by atoms with Crippen molar-refractivity contribution in [2.75, 3.05) is 6.61 Å².